The SMILES string of the molecule is COC(=O)c1sccc1S(=O)(=O)NC(C)C(C)(C)C. The van der Waals surface area contributed by atoms with Crippen molar-refractivity contribution in [2.45, 2.75) is 38.6 Å². The quantitative estimate of drug-likeness (QED) is 0.866. The van der Waals surface area contributed by atoms with Crippen LogP contribution < -0.4 is 4.72 Å². The molecule has 0 saturated carbocycles. The highest BCUT2D eigenvalue weighted by Crippen LogP contribution is 2.25. The van der Waals surface area contributed by atoms with Crippen LogP contribution in [0, 0.1) is 5.41 Å². The molecule has 1 heterocycles. The normalized spacial score (nSPS) is 14.2. The standard InChI is InChI=1S/C12H19NO4S2/c1-8(12(2,3)4)13-19(15,16)9-6-7-18-10(9)11(14)17-5/h6-8,13H,1-5H3. The molecule has 5 nitrogen and oxygen atoms in total. The van der Waals surface area contributed by atoms with Crippen molar-refractivity contribution in [2.75, 3.05) is 7.11 Å². The van der Waals surface area contributed by atoms with Gasteiger partial charge in [0.2, 0.25) is 10.0 Å². The van der Waals surface area contributed by atoms with Crippen LogP contribution in [-0.4, -0.2) is 27.5 Å². The van der Waals surface area contributed by atoms with Crippen LogP contribution in [0.15, 0.2) is 16.3 Å². The summed E-state index contributed by atoms with van der Waals surface area (Å²) in [5, 5.41) is 1.56. The van der Waals surface area contributed by atoms with Crippen LogP contribution in [0.4, 0.5) is 0 Å². The first kappa shape index (κ1) is 16.1. The number of nitrogens with one attached hydrogen (secondary N) is 1. The molecule has 1 aromatic rings. The van der Waals surface area contributed by atoms with Gasteiger partial charge in [-0.1, -0.05) is 20.8 Å². The first-order chi connectivity index (χ1) is 8.59. The van der Waals surface area contributed by atoms with Crippen LogP contribution in [0.5, 0.6) is 0 Å². The lowest BCUT2D eigenvalue weighted by molar-refractivity contribution is 0.0602. The molecule has 108 valence electrons. The van der Waals surface area contributed by atoms with Crippen molar-refractivity contribution >= 4 is 27.3 Å². The smallest absolute Gasteiger partial charge is 0.349 e. The molecule has 0 bridgehead atoms. The van der Waals surface area contributed by atoms with E-state index in [1.165, 1.54) is 13.2 Å². The number of esters is 1. The fourth-order valence-electron chi connectivity index (χ4n) is 1.22. The van der Waals surface area contributed by atoms with Gasteiger partial charge in [-0.3, -0.25) is 0 Å². The summed E-state index contributed by atoms with van der Waals surface area (Å²) >= 11 is 1.05. The lowest BCUT2D eigenvalue weighted by Gasteiger charge is -2.27. The third-order valence-corrected chi connectivity index (χ3v) is 5.53. The summed E-state index contributed by atoms with van der Waals surface area (Å²) in [7, 11) is -2.50. The molecule has 0 amide bonds. The van der Waals surface area contributed by atoms with E-state index in [2.05, 4.69) is 9.46 Å². The fraction of sp³-hybridized carbons (Fsp3) is 0.583. The molecule has 1 atom stereocenters. The highest BCUT2D eigenvalue weighted by molar-refractivity contribution is 7.89. The second-order valence-corrected chi connectivity index (χ2v) is 7.91. The number of thiophene rings is 1. The van der Waals surface area contributed by atoms with Gasteiger partial charge in [-0.2, -0.15) is 0 Å². The van der Waals surface area contributed by atoms with Crippen LogP contribution in [0.25, 0.3) is 0 Å². The molecule has 1 unspecified atom stereocenters. The minimum absolute atomic E-state index is 0.0274. The van der Waals surface area contributed by atoms with Gasteiger partial charge in [0.25, 0.3) is 0 Å². The van der Waals surface area contributed by atoms with E-state index in [1.807, 2.05) is 20.8 Å². The Labute approximate surface area is 118 Å². The van der Waals surface area contributed by atoms with Gasteiger partial charge in [-0.25, -0.2) is 17.9 Å². The Bertz CT molecular complexity index is 555. The number of ether oxygens (including phenoxy) is 1. The molecule has 1 rings (SSSR count). The zero-order valence-corrected chi connectivity index (χ0v) is 13.3. The van der Waals surface area contributed by atoms with Crippen molar-refractivity contribution in [3.8, 4) is 0 Å². The van der Waals surface area contributed by atoms with Crippen LogP contribution in [-0.2, 0) is 14.8 Å². The number of rotatable bonds is 4. The van der Waals surface area contributed by atoms with Gasteiger partial charge in [-0.15, -0.1) is 11.3 Å². The summed E-state index contributed by atoms with van der Waals surface area (Å²) in [6.45, 7) is 7.61. The van der Waals surface area contributed by atoms with E-state index in [4.69, 9.17) is 0 Å². The molecule has 0 aliphatic heterocycles. The van der Waals surface area contributed by atoms with Gasteiger partial charge in [0.1, 0.15) is 9.77 Å². The van der Waals surface area contributed by atoms with E-state index >= 15 is 0 Å². The molecular formula is C12H19NO4S2. The highest BCUT2D eigenvalue weighted by Gasteiger charge is 2.29. The predicted molar refractivity (Wildman–Crippen MR) is 74.9 cm³/mol. The molecule has 0 aromatic carbocycles. The van der Waals surface area contributed by atoms with E-state index in [-0.39, 0.29) is 21.2 Å². The first-order valence-corrected chi connectivity index (χ1v) is 8.14. The third kappa shape index (κ3) is 3.77. The second-order valence-electron chi connectivity index (χ2n) is 5.31. The largest absolute Gasteiger partial charge is 0.465 e. The minimum Gasteiger partial charge on any atom is -0.465 e. The number of sulfonamides is 1. The lowest BCUT2D eigenvalue weighted by atomic mass is 9.89. The number of hydrogen-bond donors (Lipinski definition) is 1. The summed E-state index contributed by atoms with van der Waals surface area (Å²) in [5.41, 5.74) is -0.214. The van der Waals surface area contributed by atoms with Gasteiger partial charge in [0, 0.05) is 6.04 Å². The summed E-state index contributed by atoms with van der Waals surface area (Å²) < 4.78 is 31.7. The van der Waals surface area contributed by atoms with Crippen LogP contribution in [0.3, 0.4) is 0 Å². The van der Waals surface area contributed by atoms with Crippen molar-refractivity contribution < 1.29 is 17.9 Å². The Morgan fingerprint density at radius 3 is 2.47 bits per heavy atom. The first-order valence-electron chi connectivity index (χ1n) is 5.77. The van der Waals surface area contributed by atoms with Gasteiger partial charge in [0.05, 0.1) is 7.11 Å². The molecule has 1 aromatic heterocycles. The van der Waals surface area contributed by atoms with Gasteiger partial charge >= 0.3 is 5.97 Å². The lowest BCUT2D eigenvalue weighted by Crippen LogP contribution is -2.41. The topological polar surface area (TPSA) is 72.5 Å². The Kier molecular flexibility index (Phi) is 4.76. The highest BCUT2D eigenvalue weighted by atomic mass is 32.2. The van der Waals surface area contributed by atoms with Crippen molar-refractivity contribution in [1.82, 2.24) is 4.72 Å². The Balaban J connectivity index is 3.09. The van der Waals surface area contributed by atoms with Crippen molar-refractivity contribution in [3.63, 3.8) is 0 Å². The number of carbonyl (C=O) groups excluding carboxylic acids is 1. The number of methoxy groups -OCH3 is 1. The summed E-state index contributed by atoms with van der Waals surface area (Å²) in [6.07, 6.45) is 0. The maximum absolute atomic E-state index is 12.3. The van der Waals surface area contributed by atoms with Crippen molar-refractivity contribution in [1.29, 1.82) is 0 Å². The van der Waals surface area contributed by atoms with E-state index < -0.39 is 16.0 Å². The molecular weight excluding hydrogens is 286 g/mol. The maximum atomic E-state index is 12.3. The molecule has 0 spiro atoms. The maximum Gasteiger partial charge on any atom is 0.349 e. The summed E-state index contributed by atoms with van der Waals surface area (Å²) in [4.78, 5) is 11.6. The van der Waals surface area contributed by atoms with Crippen LogP contribution >= 0.6 is 11.3 Å². The predicted octanol–water partition coefficient (Wildman–Crippen LogP) is 2.25. The second kappa shape index (κ2) is 5.60. The van der Waals surface area contributed by atoms with Gasteiger partial charge in [-0.05, 0) is 23.8 Å². The summed E-state index contributed by atoms with van der Waals surface area (Å²) in [6, 6.07) is 1.15. The van der Waals surface area contributed by atoms with Crippen molar-refractivity contribution in [3.05, 3.63) is 16.3 Å². The molecule has 0 fully saturated rings. The molecule has 0 aliphatic rings. The van der Waals surface area contributed by atoms with Gasteiger partial charge in [0.15, 0.2) is 0 Å². The molecule has 0 radical (unpaired) electrons. The average Bonchev–Trinajstić information content (AvgIpc) is 2.75. The zero-order valence-electron chi connectivity index (χ0n) is 11.7. The van der Waals surface area contributed by atoms with E-state index in [1.54, 1.807) is 12.3 Å². The number of hydrogen-bond acceptors (Lipinski definition) is 5. The van der Waals surface area contributed by atoms with E-state index in [0.717, 1.165) is 11.3 Å². The molecule has 7 heteroatoms. The molecule has 1 N–H and O–H groups in total. The van der Waals surface area contributed by atoms with Crippen LogP contribution in [0.1, 0.15) is 37.4 Å². The fourth-order valence-corrected chi connectivity index (χ4v) is 4.01. The Hall–Kier alpha value is -0.920. The molecule has 19 heavy (non-hydrogen) atoms. The number of carbonyl (C=O) groups is 1. The average molecular weight is 305 g/mol. The monoisotopic (exact) mass is 305 g/mol. The zero-order chi connectivity index (χ0) is 14.8. The minimum atomic E-state index is -3.73. The van der Waals surface area contributed by atoms with Crippen LogP contribution in [0.2, 0.25) is 0 Å². The third-order valence-electron chi connectivity index (χ3n) is 2.92. The molecule has 0 aliphatic carbocycles. The van der Waals surface area contributed by atoms with Crippen molar-refractivity contribution in [2.24, 2.45) is 5.41 Å². The van der Waals surface area contributed by atoms with E-state index in [9.17, 15) is 13.2 Å². The Morgan fingerprint density at radius 1 is 1.42 bits per heavy atom. The Morgan fingerprint density at radius 2 is 2.00 bits per heavy atom. The van der Waals surface area contributed by atoms with E-state index in [0.29, 0.717) is 0 Å². The summed E-state index contributed by atoms with van der Waals surface area (Å²) in [5.74, 6) is -0.640. The van der Waals surface area contributed by atoms with Gasteiger partial charge < -0.3 is 4.74 Å². The molecule has 0 saturated heterocycles.